The minimum atomic E-state index is -0.447. The number of rotatable bonds is 4. The highest BCUT2D eigenvalue weighted by Gasteiger charge is 2.30. The molecule has 1 aliphatic rings. The van der Waals surface area contributed by atoms with Gasteiger partial charge in [0, 0.05) is 32.2 Å². The third-order valence-corrected chi connectivity index (χ3v) is 2.51. The van der Waals surface area contributed by atoms with Crippen molar-refractivity contribution < 1.29 is 5.11 Å². The molecule has 0 aliphatic carbocycles. The van der Waals surface area contributed by atoms with E-state index in [9.17, 15) is 5.11 Å². The summed E-state index contributed by atoms with van der Waals surface area (Å²) in [5.41, 5.74) is -0.447. The first-order valence-corrected chi connectivity index (χ1v) is 5.18. The SMILES string of the molecule is CC(C)NCCN1CCC(C)(O)C1. The zero-order valence-corrected chi connectivity index (χ0v) is 9.01. The number of aliphatic hydroxyl groups is 1. The zero-order chi connectivity index (χ0) is 9.90. The van der Waals surface area contributed by atoms with Gasteiger partial charge < -0.3 is 10.4 Å². The summed E-state index contributed by atoms with van der Waals surface area (Å²) in [7, 11) is 0. The highest BCUT2D eigenvalue weighted by molar-refractivity contribution is 4.85. The van der Waals surface area contributed by atoms with Crippen molar-refractivity contribution in [1.82, 2.24) is 10.2 Å². The second-order valence-electron chi connectivity index (χ2n) is 4.63. The van der Waals surface area contributed by atoms with Gasteiger partial charge in [-0.3, -0.25) is 4.90 Å². The number of hydrogen-bond donors (Lipinski definition) is 2. The first kappa shape index (κ1) is 11.0. The van der Waals surface area contributed by atoms with Crippen LogP contribution in [-0.4, -0.2) is 47.8 Å². The molecule has 0 radical (unpaired) electrons. The standard InChI is InChI=1S/C10H22N2O/c1-9(2)11-5-7-12-6-4-10(3,13)8-12/h9,11,13H,4-8H2,1-3H3. The topological polar surface area (TPSA) is 35.5 Å². The number of nitrogens with one attached hydrogen (secondary N) is 1. The Bertz CT molecular complexity index is 157. The molecule has 0 spiro atoms. The average Bonchev–Trinajstić information content (AvgIpc) is 2.29. The lowest BCUT2D eigenvalue weighted by Crippen LogP contribution is -2.36. The summed E-state index contributed by atoms with van der Waals surface area (Å²) in [4.78, 5) is 2.31. The van der Waals surface area contributed by atoms with Crippen molar-refractivity contribution >= 4 is 0 Å². The Labute approximate surface area is 81.1 Å². The molecule has 0 bridgehead atoms. The molecule has 0 aromatic carbocycles. The summed E-state index contributed by atoms with van der Waals surface area (Å²) < 4.78 is 0. The molecule has 2 N–H and O–H groups in total. The monoisotopic (exact) mass is 186 g/mol. The minimum absolute atomic E-state index is 0.447. The highest BCUT2D eigenvalue weighted by Crippen LogP contribution is 2.19. The van der Waals surface area contributed by atoms with Crippen LogP contribution in [0.25, 0.3) is 0 Å². The maximum Gasteiger partial charge on any atom is 0.0758 e. The highest BCUT2D eigenvalue weighted by atomic mass is 16.3. The largest absolute Gasteiger partial charge is 0.389 e. The van der Waals surface area contributed by atoms with E-state index < -0.39 is 5.60 Å². The third-order valence-electron chi connectivity index (χ3n) is 2.51. The predicted molar refractivity (Wildman–Crippen MR) is 54.8 cm³/mol. The fourth-order valence-electron chi connectivity index (χ4n) is 1.74. The summed E-state index contributed by atoms with van der Waals surface area (Å²) >= 11 is 0. The van der Waals surface area contributed by atoms with Crippen LogP contribution < -0.4 is 5.32 Å². The van der Waals surface area contributed by atoms with Gasteiger partial charge in [0.25, 0.3) is 0 Å². The lowest BCUT2D eigenvalue weighted by Gasteiger charge is -2.19. The molecular weight excluding hydrogens is 164 g/mol. The molecule has 78 valence electrons. The molecule has 0 saturated carbocycles. The first-order valence-electron chi connectivity index (χ1n) is 5.18. The molecule has 1 rings (SSSR count). The van der Waals surface area contributed by atoms with Gasteiger partial charge in [0.2, 0.25) is 0 Å². The van der Waals surface area contributed by atoms with Crippen LogP contribution in [0.3, 0.4) is 0 Å². The fraction of sp³-hybridized carbons (Fsp3) is 1.00. The summed E-state index contributed by atoms with van der Waals surface area (Å²) in [6, 6.07) is 0.558. The maximum atomic E-state index is 9.71. The normalized spacial score (nSPS) is 30.2. The van der Waals surface area contributed by atoms with Crippen molar-refractivity contribution in [2.24, 2.45) is 0 Å². The van der Waals surface area contributed by atoms with Gasteiger partial charge >= 0.3 is 0 Å². The van der Waals surface area contributed by atoms with E-state index in [1.165, 1.54) is 0 Å². The average molecular weight is 186 g/mol. The molecule has 1 saturated heterocycles. The molecule has 0 aromatic rings. The van der Waals surface area contributed by atoms with Crippen LogP contribution in [0.4, 0.5) is 0 Å². The van der Waals surface area contributed by atoms with Crippen LogP contribution in [0.2, 0.25) is 0 Å². The van der Waals surface area contributed by atoms with Crippen LogP contribution in [0.15, 0.2) is 0 Å². The minimum Gasteiger partial charge on any atom is -0.389 e. The van der Waals surface area contributed by atoms with Crippen molar-refractivity contribution in [2.45, 2.75) is 38.8 Å². The fourth-order valence-corrected chi connectivity index (χ4v) is 1.74. The van der Waals surface area contributed by atoms with E-state index in [1.54, 1.807) is 0 Å². The molecule has 0 aromatic heterocycles. The van der Waals surface area contributed by atoms with Crippen molar-refractivity contribution in [3.63, 3.8) is 0 Å². The summed E-state index contributed by atoms with van der Waals surface area (Å²) in [5, 5.41) is 13.1. The van der Waals surface area contributed by atoms with Gasteiger partial charge in [0.1, 0.15) is 0 Å². The van der Waals surface area contributed by atoms with Crippen LogP contribution in [0, 0.1) is 0 Å². The summed E-state index contributed by atoms with van der Waals surface area (Å²) in [5.74, 6) is 0. The van der Waals surface area contributed by atoms with Gasteiger partial charge in [0.05, 0.1) is 5.60 Å². The van der Waals surface area contributed by atoms with Gasteiger partial charge in [-0.15, -0.1) is 0 Å². The van der Waals surface area contributed by atoms with Gasteiger partial charge in [-0.05, 0) is 13.3 Å². The Morgan fingerprint density at radius 3 is 2.69 bits per heavy atom. The molecule has 3 heteroatoms. The quantitative estimate of drug-likeness (QED) is 0.669. The zero-order valence-electron chi connectivity index (χ0n) is 9.01. The van der Waals surface area contributed by atoms with Crippen LogP contribution >= 0.6 is 0 Å². The molecule has 1 unspecified atom stereocenters. The number of nitrogens with zero attached hydrogens (tertiary/aromatic N) is 1. The van der Waals surface area contributed by atoms with Gasteiger partial charge in [-0.2, -0.15) is 0 Å². The molecule has 1 aliphatic heterocycles. The molecule has 1 heterocycles. The lowest BCUT2D eigenvalue weighted by molar-refractivity contribution is 0.0689. The Morgan fingerprint density at radius 2 is 2.23 bits per heavy atom. The van der Waals surface area contributed by atoms with Crippen molar-refractivity contribution in [3.8, 4) is 0 Å². The van der Waals surface area contributed by atoms with Gasteiger partial charge in [0.15, 0.2) is 0 Å². The Kier molecular flexibility index (Phi) is 3.71. The Morgan fingerprint density at radius 1 is 1.54 bits per heavy atom. The maximum absolute atomic E-state index is 9.71. The van der Waals surface area contributed by atoms with E-state index in [4.69, 9.17) is 0 Å². The van der Waals surface area contributed by atoms with Crippen molar-refractivity contribution in [2.75, 3.05) is 26.2 Å². The first-order chi connectivity index (χ1) is 5.99. The smallest absolute Gasteiger partial charge is 0.0758 e. The second kappa shape index (κ2) is 4.40. The van der Waals surface area contributed by atoms with Crippen molar-refractivity contribution in [1.29, 1.82) is 0 Å². The van der Waals surface area contributed by atoms with Gasteiger partial charge in [-0.1, -0.05) is 13.8 Å². The van der Waals surface area contributed by atoms with Gasteiger partial charge in [-0.25, -0.2) is 0 Å². The van der Waals surface area contributed by atoms with Crippen molar-refractivity contribution in [3.05, 3.63) is 0 Å². The molecule has 3 nitrogen and oxygen atoms in total. The Balaban J connectivity index is 2.11. The van der Waals surface area contributed by atoms with E-state index >= 15 is 0 Å². The second-order valence-corrected chi connectivity index (χ2v) is 4.63. The third kappa shape index (κ3) is 4.07. The van der Waals surface area contributed by atoms with Crippen LogP contribution in [0.5, 0.6) is 0 Å². The summed E-state index contributed by atoms with van der Waals surface area (Å²) in [6.45, 7) is 10.2. The predicted octanol–water partition coefficient (Wildman–Crippen LogP) is 0.441. The summed E-state index contributed by atoms with van der Waals surface area (Å²) in [6.07, 6.45) is 0.911. The van der Waals surface area contributed by atoms with E-state index in [1.807, 2.05) is 6.92 Å². The molecular formula is C10H22N2O. The van der Waals surface area contributed by atoms with Crippen LogP contribution in [0.1, 0.15) is 27.2 Å². The lowest BCUT2D eigenvalue weighted by atomic mass is 10.1. The van der Waals surface area contributed by atoms with E-state index in [0.29, 0.717) is 6.04 Å². The van der Waals surface area contributed by atoms with E-state index in [2.05, 4.69) is 24.1 Å². The number of likely N-dealkylation sites (tertiary alicyclic amines) is 1. The van der Waals surface area contributed by atoms with Crippen LogP contribution in [-0.2, 0) is 0 Å². The molecule has 13 heavy (non-hydrogen) atoms. The number of β-amino-alcohol motifs (C(OH)–C–C–N with tert-alkyl or cyclic N) is 1. The van der Waals surface area contributed by atoms with E-state index in [-0.39, 0.29) is 0 Å². The number of hydrogen-bond acceptors (Lipinski definition) is 3. The molecule has 1 fully saturated rings. The molecule has 1 atom stereocenters. The Hall–Kier alpha value is -0.120. The van der Waals surface area contributed by atoms with E-state index in [0.717, 1.165) is 32.6 Å². The molecule has 0 amide bonds.